The Morgan fingerprint density at radius 2 is 1.77 bits per heavy atom. The molecule has 122 valence electrons. The quantitative estimate of drug-likeness (QED) is 0.787. The topological polar surface area (TPSA) is 70.2 Å². The van der Waals surface area contributed by atoms with Crippen LogP contribution in [0.4, 0.5) is 0 Å². The molecular formula is C16H24ClN3O2. The second-order valence-corrected chi connectivity index (χ2v) is 5.90. The molecule has 22 heavy (non-hydrogen) atoms. The van der Waals surface area contributed by atoms with Crippen LogP contribution in [0.5, 0.6) is 0 Å². The molecule has 0 unspecified atom stereocenters. The van der Waals surface area contributed by atoms with Gasteiger partial charge in [0.05, 0.1) is 0 Å². The monoisotopic (exact) mass is 325 g/mol. The highest BCUT2D eigenvalue weighted by Gasteiger charge is 2.27. The molecular weight excluding hydrogens is 302 g/mol. The molecule has 0 spiro atoms. The van der Waals surface area contributed by atoms with Gasteiger partial charge >= 0.3 is 0 Å². The van der Waals surface area contributed by atoms with E-state index in [1.165, 1.54) is 0 Å². The van der Waals surface area contributed by atoms with E-state index in [9.17, 15) is 9.59 Å². The number of rotatable bonds is 4. The van der Waals surface area contributed by atoms with Gasteiger partial charge in [0.1, 0.15) is 0 Å². The van der Waals surface area contributed by atoms with E-state index in [0.717, 1.165) is 25.9 Å². The van der Waals surface area contributed by atoms with E-state index in [0.29, 0.717) is 17.7 Å². The maximum Gasteiger partial charge on any atom is 0.251 e. The Hall–Kier alpha value is -1.59. The van der Waals surface area contributed by atoms with E-state index in [1.54, 1.807) is 31.3 Å². The Labute approximate surface area is 137 Å². The summed E-state index contributed by atoms with van der Waals surface area (Å²) in [4.78, 5) is 23.8. The molecule has 0 aromatic heterocycles. The van der Waals surface area contributed by atoms with Crippen LogP contribution in [0.2, 0.25) is 0 Å². The highest BCUT2D eigenvalue weighted by molar-refractivity contribution is 5.99. The number of benzene rings is 1. The minimum Gasteiger partial charge on any atom is -0.355 e. The van der Waals surface area contributed by atoms with Gasteiger partial charge in [-0.05, 0) is 49.5 Å². The number of amides is 2. The number of carbonyl (C=O) groups excluding carboxylic acids is 2. The summed E-state index contributed by atoms with van der Waals surface area (Å²) in [6.45, 7) is 4.86. The number of hydrogen-bond acceptors (Lipinski definition) is 3. The van der Waals surface area contributed by atoms with Crippen LogP contribution >= 0.6 is 12.4 Å². The van der Waals surface area contributed by atoms with Gasteiger partial charge in [0.2, 0.25) is 0 Å². The van der Waals surface area contributed by atoms with Crippen molar-refractivity contribution in [2.75, 3.05) is 26.7 Å². The predicted molar refractivity (Wildman–Crippen MR) is 89.6 cm³/mol. The van der Waals surface area contributed by atoms with Crippen molar-refractivity contribution in [1.82, 2.24) is 16.0 Å². The fraction of sp³-hybridized carbons (Fsp3) is 0.500. The lowest BCUT2D eigenvalue weighted by Gasteiger charge is -2.34. The van der Waals surface area contributed by atoms with E-state index < -0.39 is 0 Å². The maximum absolute atomic E-state index is 12.2. The molecule has 1 saturated heterocycles. The van der Waals surface area contributed by atoms with Crippen molar-refractivity contribution in [3.63, 3.8) is 0 Å². The zero-order chi connectivity index (χ0) is 15.3. The van der Waals surface area contributed by atoms with Gasteiger partial charge in [-0.3, -0.25) is 9.59 Å². The van der Waals surface area contributed by atoms with Crippen LogP contribution in [0.1, 0.15) is 40.5 Å². The molecule has 0 bridgehead atoms. The minimum absolute atomic E-state index is 0. The van der Waals surface area contributed by atoms with Crippen LogP contribution in [0, 0.1) is 5.41 Å². The second kappa shape index (κ2) is 8.15. The minimum atomic E-state index is -0.185. The third-order valence-corrected chi connectivity index (χ3v) is 4.10. The predicted octanol–water partition coefficient (Wildman–Crippen LogP) is 1.59. The van der Waals surface area contributed by atoms with Crippen molar-refractivity contribution >= 4 is 24.2 Å². The third-order valence-electron chi connectivity index (χ3n) is 4.10. The molecule has 0 aliphatic carbocycles. The van der Waals surface area contributed by atoms with Crippen LogP contribution < -0.4 is 16.0 Å². The molecule has 1 aliphatic rings. The second-order valence-electron chi connectivity index (χ2n) is 5.90. The Morgan fingerprint density at radius 3 is 2.36 bits per heavy atom. The Balaban J connectivity index is 0.00000242. The summed E-state index contributed by atoms with van der Waals surface area (Å²) in [5, 5.41) is 8.88. The van der Waals surface area contributed by atoms with E-state index >= 15 is 0 Å². The van der Waals surface area contributed by atoms with Gasteiger partial charge in [0.25, 0.3) is 11.8 Å². The number of nitrogens with one attached hydrogen (secondary N) is 3. The van der Waals surface area contributed by atoms with Gasteiger partial charge in [-0.25, -0.2) is 0 Å². The first-order valence-electron chi connectivity index (χ1n) is 7.35. The summed E-state index contributed by atoms with van der Waals surface area (Å²) in [6, 6.07) is 6.78. The molecule has 5 nitrogen and oxygen atoms in total. The highest BCUT2D eigenvalue weighted by atomic mass is 35.5. The fourth-order valence-electron chi connectivity index (χ4n) is 2.55. The smallest absolute Gasteiger partial charge is 0.251 e. The molecule has 1 aromatic rings. The SMILES string of the molecule is CNC(=O)c1cccc(C(=O)NCC2(C)CCNCC2)c1.Cl. The summed E-state index contributed by atoms with van der Waals surface area (Å²) in [6.07, 6.45) is 2.12. The fourth-order valence-corrected chi connectivity index (χ4v) is 2.55. The average molecular weight is 326 g/mol. The van der Waals surface area contributed by atoms with Crippen LogP contribution in [-0.2, 0) is 0 Å². The van der Waals surface area contributed by atoms with Crippen molar-refractivity contribution in [2.45, 2.75) is 19.8 Å². The van der Waals surface area contributed by atoms with Crippen molar-refractivity contribution in [1.29, 1.82) is 0 Å². The summed E-state index contributed by atoms with van der Waals surface area (Å²) >= 11 is 0. The zero-order valence-corrected chi connectivity index (χ0v) is 13.9. The first-order valence-corrected chi connectivity index (χ1v) is 7.35. The number of halogens is 1. The van der Waals surface area contributed by atoms with Crippen molar-refractivity contribution in [3.8, 4) is 0 Å². The molecule has 1 aliphatic heterocycles. The lowest BCUT2D eigenvalue weighted by atomic mass is 9.81. The summed E-state index contributed by atoms with van der Waals surface area (Å²) in [5.41, 5.74) is 1.17. The zero-order valence-electron chi connectivity index (χ0n) is 13.1. The van der Waals surface area contributed by atoms with Gasteiger partial charge in [0, 0.05) is 24.7 Å². The molecule has 0 saturated carbocycles. The standard InChI is InChI=1S/C16H23N3O2.ClH/c1-16(6-8-18-9-7-16)11-19-15(21)13-5-3-4-12(10-13)14(20)17-2;/h3-5,10,18H,6-9,11H2,1-2H3,(H,17,20)(H,19,21);1H. The molecule has 1 heterocycles. The Kier molecular flexibility index (Phi) is 6.84. The maximum atomic E-state index is 12.2. The summed E-state index contributed by atoms with van der Waals surface area (Å²) in [7, 11) is 1.58. The van der Waals surface area contributed by atoms with E-state index in [1.807, 2.05) is 0 Å². The van der Waals surface area contributed by atoms with Gasteiger partial charge in [-0.2, -0.15) is 0 Å². The number of hydrogen-bond donors (Lipinski definition) is 3. The number of carbonyl (C=O) groups is 2. The van der Waals surface area contributed by atoms with Crippen LogP contribution in [-0.4, -0.2) is 38.5 Å². The first kappa shape index (κ1) is 18.5. The van der Waals surface area contributed by atoms with E-state index in [-0.39, 0.29) is 29.6 Å². The Morgan fingerprint density at radius 1 is 1.18 bits per heavy atom. The molecule has 3 N–H and O–H groups in total. The van der Waals surface area contributed by atoms with Gasteiger partial charge in [0.15, 0.2) is 0 Å². The largest absolute Gasteiger partial charge is 0.355 e. The molecule has 0 radical (unpaired) electrons. The van der Waals surface area contributed by atoms with Gasteiger partial charge < -0.3 is 16.0 Å². The normalized spacial score (nSPS) is 16.3. The summed E-state index contributed by atoms with van der Waals surface area (Å²) in [5.74, 6) is -0.310. The van der Waals surface area contributed by atoms with Crippen LogP contribution in [0.15, 0.2) is 24.3 Å². The van der Waals surface area contributed by atoms with Gasteiger partial charge in [-0.1, -0.05) is 13.0 Å². The highest BCUT2D eigenvalue weighted by Crippen LogP contribution is 2.26. The van der Waals surface area contributed by atoms with Crippen molar-refractivity contribution in [3.05, 3.63) is 35.4 Å². The molecule has 2 amide bonds. The first-order chi connectivity index (χ1) is 10.0. The van der Waals surface area contributed by atoms with Crippen LogP contribution in [0.3, 0.4) is 0 Å². The summed E-state index contributed by atoms with van der Waals surface area (Å²) < 4.78 is 0. The van der Waals surface area contributed by atoms with Gasteiger partial charge in [-0.15, -0.1) is 12.4 Å². The molecule has 1 fully saturated rings. The Bertz CT molecular complexity index is 528. The number of piperidine rings is 1. The lowest BCUT2D eigenvalue weighted by Crippen LogP contribution is -2.42. The molecule has 2 rings (SSSR count). The van der Waals surface area contributed by atoms with Crippen molar-refractivity contribution < 1.29 is 9.59 Å². The van der Waals surface area contributed by atoms with E-state index in [2.05, 4.69) is 22.9 Å². The molecule has 0 atom stereocenters. The average Bonchev–Trinajstić information content (AvgIpc) is 2.52. The van der Waals surface area contributed by atoms with Crippen LogP contribution in [0.25, 0.3) is 0 Å². The lowest BCUT2D eigenvalue weighted by molar-refractivity contribution is 0.0922. The molecule has 1 aromatic carbocycles. The third kappa shape index (κ3) is 4.71. The van der Waals surface area contributed by atoms with Crippen molar-refractivity contribution in [2.24, 2.45) is 5.41 Å². The molecule has 6 heteroatoms. The van der Waals surface area contributed by atoms with E-state index in [4.69, 9.17) is 0 Å².